The highest BCUT2D eigenvalue weighted by Crippen LogP contribution is 2.18. The molecule has 0 saturated heterocycles. The molecule has 1 amide bonds. The monoisotopic (exact) mass is 359 g/mol. The zero-order valence-electron chi connectivity index (χ0n) is 13.2. The minimum Gasteiger partial charge on any atom is -0.332 e. The maximum Gasteiger partial charge on any atom is 0.223 e. The van der Waals surface area contributed by atoms with E-state index in [0.29, 0.717) is 25.9 Å². The quantitative estimate of drug-likeness (QED) is 0.574. The van der Waals surface area contributed by atoms with E-state index in [9.17, 15) is 9.18 Å². The molecule has 24 heavy (non-hydrogen) atoms. The molecule has 1 aromatic carbocycles. The molecule has 0 aliphatic carbocycles. The smallest absolute Gasteiger partial charge is 0.223 e. The van der Waals surface area contributed by atoms with Crippen molar-refractivity contribution in [3.05, 3.63) is 80.4 Å². The number of nitrogens with zero attached hydrogens (tertiary/aromatic N) is 1. The Morgan fingerprint density at radius 2 is 1.50 bits per heavy atom. The van der Waals surface area contributed by atoms with Crippen LogP contribution in [-0.4, -0.2) is 10.8 Å². The third-order valence-electron chi connectivity index (χ3n) is 3.75. The lowest BCUT2D eigenvalue weighted by atomic mass is 10.1. The number of benzene rings is 1. The van der Waals surface area contributed by atoms with Crippen LogP contribution < -0.4 is 0 Å². The van der Waals surface area contributed by atoms with Crippen LogP contribution in [0.1, 0.15) is 21.7 Å². The lowest BCUT2D eigenvalue weighted by Crippen LogP contribution is -2.29. The zero-order chi connectivity index (χ0) is 16.8. The molecule has 3 rings (SSSR count). The molecule has 0 aliphatic rings. The number of rotatable bonds is 7. The summed E-state index contributed by atoms with van der Waals surface area (Å²) >= 11 is 3.33. The fraction of sp³-hybridized carbons (Fsp3) is 0.211. The fourth-order valence-corrected chi connectivity index (χ4v) is 3.91. The van der Waals surface area contributed by atoms with Gasteiger partial charge in [-0.25, -0.2) is 4.39 Å². The van der Waals surface area contributed by atoms with Crippen molar-refractivity contribution >= 4 is 28.6 Å². The number of carbonyl (C=O) groups is 1. The number of hydrogen-bond donors (Lipinski definition) is 0. The number of aryl methyl sites for hydroxylation is 1. The molecule has 0 fully saturated rings. The van der Waals surface area contributed by atoms with E-state index >= 15 is 0 Å². The summed E-state index contributed by atoms with van der Waals surface area (Å²) in [4.78, 5) is 17.0. The third-order valence-corrected chi connectivity index (χ3v) is 5.47. The number of thiophene rings is 2. The van der Waals surface area contributed by atoms with Crippen LogP contribution in [0.2, 0.25) is 0 Å². The molecule has 0 spiro atoms. The number of hydrogen-bond acceptors (Lipinski definition) is 3. The average Bonchev–Trinajstić information content (AvgIpc) is 3.27. The third kappa shape index (κ3) is 4.76. The summed E-state index contributed by atoms with van der Waals surface area (Å²) < 4.78 is 13.0. The van der Waals surface area contributed by atoms with Crippen LogP contribution in [0, 0.1) is 5.82 Å². The molecule has 0 radical (unpaired) electrons. The SMILES string of the molecule is O=C(CCc1ccc(F)cc1)N(Cc1cccs1)Cc1cccs1. The molecule has 0 unspecified atom stereocenters. The normalized spacial score (nSPS) is 10.7. The van der Waals surface area contributed by atoms with E-state index in [1.807, 2.05) is 27.8 Å². The van der Waals surface area contributed by atoms with Gasteiger partial charge < -0.3 is 4.90 Å². The maximum absolute atomic E-state index is 13.0. The van der Waals surface area contributed by atoms with Crippen molar-refractivity contribution < 1.29 is 9.18 Å². The molecular weight excluding hydrogens is 341 g/mol. The van der Waals surface area contributed by atoms with Crippen LogP contribution in [0.15, 0.2) is 59.3 Å². The van der Waals surface area contributed by atoms with Gasteiger partial charge >= 0.3 is 0 Å². The molecule has 5 heteroatoms. The van der Waals surface area contributed by atoms with Gasteiger partial charge in [-0.2, -0.15) is 0 Å². The Kier molecular flexibility index (Phi) is 5.77. The average molecular weight is 359 g/mol. The van der Waals surface area contributed by atoms with Crippen LogP contribution in [0.25, 0.3) is 0 Å². The summed E-state index contributed by atoms with van der Waals surface area (Å²) in [5.74, 6) is -0.122. The lowest BCUT2D eigenvalue weighted by molar-refractivity contribution is -0.132. The molecule has 2 nitrogen and oxygen atoms in total. The summed E-state index contributed by atoms with van der Waals surface area (Å²) in [5, 5.41) is 4.06. The van der Waals surface area contributed by atoms with Crippen LogP contribution in [0.3, 0.4) is 0 Å². The van der Waals surface area contributed by atoms with Gasteiger partial charge in [-0.05, 0) is 47.0 Å². The van der Waals surface area contributed by atoms with Crippen molar-refractivity contribution in [3.63, 3.8) is 0 Å². The van der Waals surface area contributed by atoms with Crippen molar-refractivity contribution in [1.82, 2.24) is 4.90 Å². The second kappa shape index (κ2) is 8.22. The van der Waals surface area contributed by atoms with Crippen molar-refractivity contribution in [1.29, 1.82) is 0 Å². The first-order valence-electron chi connectivity index (χ1n) is 7.78. The minimum atomic E-state index is -0.248. The van der Waals surface area contributed by atoms with Crippen LogP contribution in [0.5, 0.6) is 0 Å². The van der Waals surface area contributed by atoms with Crippen molar-refractivity contribution in [2.24, 2.45) is 0 Å². The van der Waals surface area contributed by atoms with Gasteiger partial charge in [0.15, 0.2) is 0 Å². The van der Waals surface area contributed by atoms with Crippen molar-refractivity contribution in [2.45, 2.75) is 25.9 Å². The fourth-order valence-electron chi connectivity index (χ4n) is 2.47. The van der Waals surface area contributed by atoms with Gasteiger partial charge in [0.1, 0.15) is 5.82 Å². The van der Waals surface area contributed by atoms with E-state index in [2.05, 4.69) is 12.1 Å². The predicted octanol–water partition coefficient (Wildman–Crippen LogP) is 5.11. The van der Waals surface area contributed by atoms with Crippen LogP contribution in [-0.2, 0) is 24.3 Å². The largest absolute Gasteiger partial charge is 0.332 e. The molecule has 124 valence electrons. The maximum atomic E-state index is 13.0. The van der Waals surface area contributed by atoms with E-state index in [4.69, 9.17) is 0 Å². The van der Waals surface area contributed by atoms with E-state index in [1.54, 1.807) is 34.8 Å². The Hall–Kier alpha value is -1.98. The van der Waals surface area contributed by atoms with E-state index in [-0.39, 0.29) is 11.7 Å². The van der Waals surface area contributed by atoms with E-state index in [0.717, 1.165) is 5.56 Å². The molecule has 2 heterocycles. The zero-order valence-corrected chi connectivity index (χ0v) is 14.8. The molecule has 2 aromatic heterocycles. The highest BCUT2D eigenvalue weighted by Gasteiger charge is 2.15. The number of amides is 1. The summed E-state index contributed by atoms with van der Waals surface area (Å²) in [6.45, 7) is 1.27. The summed E-state index contributed by atoms with van der Waals surface area (Å²) in [6, 6.07) is 14.5. The second-order valence-corrected chi connectivity index (χ2v) is 7.60. The number of halogens is 1. The Balaban J connectivity index is 1.64. The summed E-state index contributed by atoms with van der Waals surface area (Å²) in [7, 11) is 0. The van der Waals surface area contributed by atoms with Gasteiger partial charge in [-0.3, -0.25) is 4.79 Å². The minimum absolute atomic E-state index is 0.126. The summed E-state index contributed by atoms with van der Waals surface area (Å²) in [6.07, 6.45) is 1.06. The van der Waals surface area contributed by atoms with Crippen LogP contribution in [0.4, 0.5) is 4.39 Å². The molecule has 0 bridgehead atoms. The lowest BCUT2D eigenvalue weighted by Gasteiger charge is -2.21. The van der Waals surface area contributed by atoms with Gasteiger partial charge in [0.2, 0.25) is 5.91 Å². The highest BCUT2D eigenvalue weighted by molar-refractivity contribution is 7.10. The number of carbonyl (C=O) groups excluding carboxylic acids is 1. The standard InChI is InChI=1S/C19H18FNOS2/c20-16-8-5-15(6-9-16)7-10-19(22)21(13-17-3-1-11-23-17)14-18-4-2-12-24-18/h1-6,8-9,11-12H,7,10,13-14H2. The topological polar surface area (TPSA) is 20.3 Å². The van der Waals surface area contributed by atoms with Gasteiger partial charge in [-0.15, -0.1) is 22.7 Å². The van der Waals surface area contributed by atoms with Crippen LogP contribution >= 0.6 is 22.7 Å². The van der Waals surface area contributed by atoms with Gasteiger partial charge in [0.25, 0.3) is 0 Å². The summed E-state index contributed by atoms with van der Waals surface area (Å²) in [5.41, 5.74) is 0.983. The van der Waals surface area contributed by atoms with Crippen molar-refractivity contribution in [2.75, 3.05) is 0 Å². The molecule has 3 aromatic rings. The van der Waals surface area contributed by atoms with Gasteiger partial charge in [0, 0.05) is 16.2 Å². The molecule has 0 aliphatic heterocycles. The predicted molar refractivity (Wildman–Crippen MR) is 97.6 cm³/mol. The van der Waals surface area contributed by atoms with E-state index < -0.39 is 0 Å². The molecular formula is C19H18FNOS2. The highest BCUT2D eigenvalue weighted by atomic mass is 32.1. The van der Waals surface area contributed by atoms with Gasteiger partial charge in [0.05, 0.1) is 13.1 Å². The van der Waals surface area contributed by atoms with Gasteiger partial charge in [-0.1, -0.05) is 24.3 Å². The first kappa shape index (κ1) is 16.9. The Morgan fingerprint density at radius 1 is 0.917 bits per heavy atom. The molecule has 0 saturated carbocycles. The molecule has 0 atom stereocenters. The van der Waals surface area contributed by atoms with Crippen molar-refractivity contribution in [3.8, 4) is 0 Å². The first-order chi connectivity index (χ1) is 11.7. The van der Waals surface area contributed by atoms with E-state index in [1.165, 1.54) is 21.9 Å². The Labute approximate surface area is 149 Å². The first-order valence-corrected chi connectivity index (χ1v) is 9.53. The Morgan fingerprint density at radius 3 is 2.00 bits per heavy atom. The Bertz CT molecular complexity index is 715. The second-order valence-electron chi connectivity index (χ2n) is 5.53. The molecule has 0 N–H and O–H groups in total.